The quantitative estimate of drug-likeness (QED) is 0.364. The second kappa shape index (κ2) is 6.95. The van der Waals surface area contributed by atoms with E-state index in [2.05, 4.69) is 10.6 Å². The summed E-state index contributed by atoms with van der Waals surface area (Å²) in [4.78, 5) is 11.1. The number of likely N-dealkylation sites (N-methyl/N-ethyl adjacent to an activating group) is 1. The third-order valence-electron chi connectivity index (χ3n) is 3.23. The first kappa shape index (κ1) is 14.4. The van der Waals surface area contributed by atoms with Gasteiger partial charge in [0.25, 0.3) is 0 Å². The van der Waals surface area contributed by atoms with Crippen molar-refractivity contribution in [3.8, 4) is 0 Å². The van der Waals surface area contributed by atoms with Crippen molar-refractivity contribution in [1.82, 2.24) is 10.6 Å². The van der Waals surface area contributed by atoms with E-state index in [4.69, 9.17) is 15.2 Å². The monoisotopic (exact) mass is 244 g/mol. The lowest BCUT2D eigenvalue weighted by Crippen LogP contribution is -2.40. The fraction of sp³-hybridized carbons (Fsp3) is 0.900. The number of nitrogens with one attached hydrogen (secondary N) is 2. The van der Waals surface area contributed by atoms with E-state index in [9.17, 15) is 4.79 Å². The minimum atomic E-state index is -1.30. The highest BCUT2D eigenvalue weighted by Crippen LogP contribution is 2.23. The summed E-state index contributed by atoms with van der Waals surface area (Å²) in [5.41, 5.74) is 0. The molecule has 1 aliphatic heterocycles. The number of hydrogen-bond acceptors (Lipinski definition) is 5. The van der Waals surface area contributed by atoms with Crippen molar-refractivity contribution < 1.29 is 19.9 Å². The zero-order valence-corrected chi connectivity index (χ0v) is 10.1. The number of rotatable bonds is 7. The summed E-state index contributed by atoms with van der Waals surface area (Å²) < 4.78 is 0. The normalized spacial score (nSPS) is 28.3. The van der Waals surface area contributed by atoms with Crippen molar-refractivity contribution in [2.45, 2.75) is 38.2 Å². The van der Waals surface area contributed by atoms with E-state index in [1.54, 1.807) is 0 Å². The van der Waals surface area contributed by atoms with Gasteiger partial charge in [-0.05, 0) is 19.3 Å². The van der Waals surface area contributed by atoms with Gasteiger partial charge >= 0.3 is 13.1 Å². The number of carboxylic acid groups (broad SMARTS) is 1. The standard InChI is InChI=1S/C10H21BN2O4/c1-2-12-8-6-13-9(10(14)15)7(8)4-3-5-11(16)17/h7-9,12-13,16-17H,2-6H2,1H3,(H,14,15). The molecule has 1 aliphatic rings. The van der Waals surface area contributed by atoms with Gasteiger partial charge < -0.3 is 25.8 Å². The highest BCUT2D eigenvalue weighted by molar-refractivity contribution is 6.40. The van der Waals surface area contributed by atoms with Gasteiger partial charge in [-0.3, -0.25) is 4.79 Å². The third-order valence-corrected chi connectivity index (χ3v) is 3.23. The zero-order chi connectivity index (χ0) is 12.8. The number of carbonyl (C=O) groups is 1. The van der Waals surface area contributed by atoms with Gasteiger partial charge in [-0.25, -0.2) is 0 Å². The number of carboxylic acids is 1. The molecule has 0 aromatic carbocycles. The van der Waals surface area contributed by atoms with Crippen LogP contribution in [0.1, 0.15) is 19.8 Å². The molecule has 1 rings (SSSR count). The molecule has 0 bridgehead atoms. The summed E-state index contributed by atoms with van der Waals surface area (Å²) in [5.74, 6) is -0.828. The molecule has 0 aromatic rings. The van der Waals surface area contributed by atoms with E-state index in [-0.39, 0.29) is 12.0 Å². The lowest BCUT2D eigenvalue weighted by Gasteiger charge is -2.22. The molecule has 0 amide bonds. The molecule has 0 spiro atoms. The zero-order valence-electron chi connectivity index (χ0n) is 10.1. The van der Waals surface area contributed by atoms with Crippen molar-refractivity contribution in [2.75, 3.05) is 13.1 Å². The Balaban J connectivity index is 2.49. The van der Waals surface area contributed by atoms with Crippen LogP contribution in [0.3, 0.4) is 0 Å². The largest absolute Gasteiger partial charge is 0.480 e. The van der Waals surface area contributed by atoms with Crippen LogP contribution in [0.15, 0.2) is 0 Å². The molecule has 6 nitrogen and oxygen atoms in total. The van der Waals surface area contributed by atoms with Gasteiger partial charge in [0.15, 0.2) is 0 Å². The van der Waals surface area contributed by atoms with Crippen LogP contribution < -0.4 is 10.6 Å². The molecule has 5 N–H and O–H groups in total. The van der Waals surface area contributed by atoms with Crippen molar-refractivity contribution in [1.29, 1.82) is 0 Å². The Bertz CT molecular complexity index is 252. The van der Waals surface area contributed by atoms with Gasteiger partial charge in [-0.2, -0.15) is 0 Å². The molecule has 0 aliphatic carbocycles. The van der Waals surface area contributed by atoms with E-state index in [1.165, 1.54) is 0 Å². The number of aliphatic carboxylic acids is 1. The van der Waals surface area contributed by atoms with Gasteiger partial charge in [0.2, 0.25) is 0 Å². The second-order valence-corrected chi connectivity index (χ2v) is 4.46. The first-order valence-electron chi connectivity index (χ1n) is 6.12. The van der Waals surface area contributed by atoms with Crippen LogP contribution in [0.25, 0.3) is 0 Å². The molecule has 98 valence electrons. The van der Waals surface area contributed by atoms with Gasteiger partial charge in [-0.1, -0.05) is 13.3 Å². The maximum Gasteiger partial charge on any atom is 0.451 e. The number of hydrogen-bond donors (Lipinski definition) is 5. The summed E-state index contributed by atoms with van der Waals surface area (Å²) in [7, 11) is -1.30. The van der Waals surface area contributed by atoms with E-state index in [1.807, 2.05) is 6.92 Å². The van der Waals surface area contributed by atoms with Crippen LogP contribution in [0.2, 0.25) is 6.32 Å². The Morgan fingerprint density at radius 3 is 2.76 bits per heavy atom. The first-order chi connectivity index (χ1) is 8.06. The fourth-order valence-electron chi connectivity index (χ4n) is 2.45. The summed E-state index contributed by atoms with van der Waals surface area (Å²) in [6.45, 7) is 3.44. The van der Waals surface area contributed by atoms with Crippen molar-refractivity contribution in [2.24, 2.45) is 5.92 Å². The average molecular weight is 244 g/mol. The van der Waals surface area contributed by atoms with Crippen LogP contribution in [0, 0.1) is 5.92 Å². The lowest BCUT2D eigenvalue weighted by molar-refractivity contribution is -0.140. The Morgan fingerprint density at radius 2 is 2.24 bits per heavy atom. The molecule has 3 atom stereocenters. The van der Waals surface area contributed by atoms with Crippen LogP contribution >= 0.6 is 0 Å². The molecular weight excluding hydrogens is 223 g/mol. The van der Waals surface area contributed by atoms with Crippen LogP contribution in [-0.2, 0) is 4.79 Å². The fourth-order valence-corrected chi connectivity index (χ4v) is 2.45. The highest BCUT2D eigenvalue weighted by atomic mass is 16.4. The Morgan fingerprint density at radius 1 is 1.53 bits per heavy atom. The summed E-state index contributed by atoms with van der Waals surface area (Å²) >= 11 is 0. The maximum atomic E-state index is 11.1. The minimum absolute atomic E-state index is 0.00574. The van der Waals surface area contributed by atoms with E-state index in [0.29, 0.717) is 25.7 Å². The van der Waals surface area contributed by atoms with E-state index >= 15 is 0 Å². The maximum absolute atomic E-state index is 11.1. The lowest BCUT2D eigenvalue weighted by atomic mass is 9.80. The van der Waals surface area contributed by atoms with Gasteiger partial charge in [0.05, 0.1) is 0 Å². The van der Waals surface area contributed by atoms with Gasteiger partial charge in [0, 0.05) is 18.5 Å². The topological polar surface area (TPSA) is 102 Å². The molecular formula is C10H21BN2O4. The molecule has 0 radical (unpaired) electrons. The summed E-state index contributed by atoms with van der Waals surface area (Å²) in [5, 5.41) is 32.9. The summed E-state index contributed by atoms with van der Waals surface area (Å²) in [6, 6.07) is -0.383. The van der Waals surface area contributed by atoms with Gasteiger partial charge in [0.1, 0.15) is 6.04 Å². The van der Waals surface area contributed by atoms with Crippen molar-refractivity contribution >= 4 is 13.1 Å². The van der Waals surface area contributed by atoms with Crippen LogP contribution in [0.5, 0.6) is 0 Å². The SMILES string of the molecule is CCNC1CNC(C(=O)O)C1CCCB(O)O. The molecule has 1 saturated heterocycles. The average Bonchev–Trinajstić information content (AvgIpc) is 2.62. The van der Waals surface area contributed by atoms with Gasteiger partial charge in [-0.15, -0.1) is 0 Å². The predicted molar refractivity (Wildman–Crippen MR) is 64.6 cm³/mol. The molecule has 17 heavy (non-hydrogen) atoms. The molecule has 1 heterocycles. The van der Waals surface area contributed by atoms with Crippen molar-refractivity contribution in [3.05, 3.63) is 0 Å². The third kappa shape index (κ3) is 4.27. The molecule has 0 saturated carbocycles. The Labute approximate surface area is 102 Å². The van der Waals surface area contributed by atoms with E-state index in [0.717, 1.165) is 6.54 Å². The molecule has 7 heteroatoms. The van der Waals surface area contributed by atoms with Crippen LogP contribution in [-0.4, -0.2) is 53.4 Å². The second-order valence-electron chi connectivity index (χ2n) is 4.46. The summed E-state index contributed by atoms with van der Waals surface area (Å²) in [6.07, 6.45) is 1.59. The van der Waals surface area contributed by atoms with E-state index < -0.39 is 19.1 Å². The smallest absolute Gasteiger partial charge is 0.451 e. The molecule has 0 aromatic heterocycles. The molecule has 1 fully saturated rings. The molecule has 3 unspecified atom stereocenters. The first-order valence-corrected chi connectivity index (χ1v) is 6.12. The van der Waals surface area contributed by atoms with Crippen molar-refractivity contribution in [3.63, 3.8) is 0 Å². The Hall–Kier alpha value is -0.625. The highest BCUT2D eigenvalue weighted by Gasteiger charge is 2.39. The Kier molecular flexibility index (Phi) is 5.90. The van der Waals surface area contributed by atoms with Crippen LogP contribution in [0.4, 0.5) is 0 Å². The minimum Gasteiger partial charge on any atom is -0.480 e. The predicted octanol–water partition coefficient (Wildman–Crippen LogP) is -1.11.